The van der Waals surface area contributed by atoms with Crippen molar-refractivity contribution in [1.82, 2.24) is 4.90 Å². The molecule has 2 nitrogen and oxygen atoms in total. The van der Waals surface area contributed by atoms with Gasteiger partial charge in [-0.15, -0.1) is 5.92 Å². The number of aryl methyl sites for hydroxylation is 1. The summed E-state index contributed by atoms with van der Waals surface area (Å²) >= 11 is 0. The van der Waals surface area contributed by atoms with Crippen molar-refractivity contribution in [3.05, 3.63) is 59.3 Å². The largest absolute Gasteiger partial charge is 0.377 e. The van der Waals surface area contributed by atoms with Crippen LogP contribution in [0.3, 0.4) is 0 Å². The minimum absolute atomic E-state index is 0. The maximum atomic E-state index is 8.14. The molecule has 0 unspecified atom stereocenters. The second-order valence-corrected chi connectivity index (χ2v) is 4.55. The first-order chi connectivity index (χ1) is 9.95. The van der Waals surface area contributed by atoms with Gasteiger partial charge in [0.1, 0.15) is 0 Å². The lowest BCUT2D eigenvalue weighted by molar-refractivity contribution is 0.528. The highest BCUT2D eigenvalue weighted by Gasteiger charge is 2.05. The molecule has 0 radical (unpaired) electrons. The van der Waals surface area contributed by atoms with Crippen LogP contribution in [-0.4, -0.2) is 24.7 Å². The lowest BCUT2D eigenvalue weighted by Gasteiger charge is -2.15. The highest BCUT2D eigenvalue weighted by Crippen LogP contribution is 2.12. The van der Waals surface area contributed by atoms with Crippen molar-refractivity contribution < 1.29 is 1.43 Å². The molecule has 0 saturated heterocycles. The standard InChI is InChI=1S/C17H20N2.C2H6.H2/c1-6-7-16(14(3)19(4)5)12-17(18)15-10-8-13(2)9-11-15;1-2;/h8-12,18H,3H2,1-2,4-5H3;1-2H3;1H/b16-12+,18-17?;;. The molecule has 0 spiro atoms. The molecule has 114 valence electrons. The molecule has 0 amide bonds. The van der Waals surface area contributed by atoms with Gasteiger partial charge in [-0.1, -0.05) is 56.2 Å². The maximum absolute atomic E-state index is 8.14. The molecule has 0 aliphatic rings. The van der Waals surface area contributed by atoms with E-state index >= 15 is 0 Å². The molecule has 0 bridgehead atoms. The lowest BCUT2D eigenvalue weighted by atomic mass is 10.0. The van der Waals surface area contributed by atoms with Crippen LogP contribution in [0.2, 0.25) is 0 Å². The first-order valence-electron chi connectivity index (χ1n) is 7.12. The summed E-state index contributed by atoms with van der Waals surface area (Å²) in [5, 5.41) is 8.14. The number of hydrogen-bond acceptors (Lipinski definition) is 2. The van der Waals surface area contributed by atoms with Crippen molar-refractivity contribution in [2.24, 2.45) is 0 Å². The van der Waals surface area contributed by atoms with Crippen LogP contribution in [0.1, 0.15) is 33.3 Å². The van der Waals surface area contributed by atoms with E-state index in [-0.39, 0.29) is 1.43 Å². The van der Waals surface area contributed by atoms with Crippen molar-refractivity contribution in [3.63, 3.8) is 0 Å². The van der Waals surface area contributed by atoms with Crippen LogP contribution in [0, 0.1) is 24.2 Å². The number of nitrogens with zero attached hydrogens (tertiary/aromatic N) is 1. The minimum atomic E-state index is 0. The molecule has 0 heterocycles. The van der Waals surface area contributed by atoms with Gasteiger partial charge in [0.15, 0.2) is 0 Å². The minimum Gasteiger partial charge on any atom is -0.377 e. The van der Waals surface area contributed by atoms with Gasteiger partial charge >= 0.3 is 0 Å². The van der Waals surface area contributed by atoms with Crippen LogP contribution in [0.4, 0.5) is 0 Å². The Bertz CT molecular complexity index is 570. The third-order valence-corrected chi connectivity index (χ3v) is 2.76. The number of hydrogen-bond donors (Lipinski definition) is 1. The van der Waals surface area contributed by atoms with E-state index in [0.717, 1.165) is 16.8 Å². The SMILES string of the molecule is C=C(/C(C#CC)=C/C(=N)c1ccc(C)cc1)N(C)C.CC.[HH]. The van der Waals surface area contributed by atoms with Gasteiger partial charge in [0.05, 0.1) is 5.71 Å². The predicted octanol–water partition coefficient (Wildman–Crippen LogP) is 4.66. The van der Waals surface area contributed by atoms with E-state index in [2.05, 4.69) is 18.4 Å². The van der Waals surface area contributed by atoms with E-state index in [1.165, 1.54) is 5.56 Å². The molecule has 1 rings (SSSR count). The Morgan fingerprint density at radius 2 is 1.76 bits per heavy atom. The summed E-state index contributed by atoms with van der Waals surface area (Å²) in [5.41, 5.74) is 4.10. The molecule has 0 aliphatic heterocycles. The van der Waals surface area contributed by atoms with Crippen LogP contribution in [0.15, 0.2) is 48.2 Å². The summed E-state index contributed by atoms with van der Waals surface area (Å²) in [6.45, 7) is 11.8. The van der Waals surface area contributed by atoms with Crippen molar-refractivity contribution in [2.75, 3.05) is 14.1 Å². The molecule has 1 aromatic carbocycles. The molecule has 1 N–H and O–H groups in total. The summed E-state index contributed by atoms with van der Waals surface area (Å²) in [6, 6.07) is 7.90. The number of benzene rings is 1. The topological polar surface area (TPSA) is 27.1 Å². The molecule has 0 atom stereocenters. The van der Waals surface area contributed by atoms with E-state index in [9.17, 15) is 0 Å². The summed E-state index contributed by atoms with van der Waals surface area (Å²) in [6.07, 6.45) is 1.77. The number of nitrogens with one attached hydrogen (secondary N) is 1. The van der Waals surface area contributed by atoms with Gasteiger partial charge in [-0.25, -0.2) is 0 Å². The van der Waals surface area contributed by atoms with Gasteiger partial charge in [0, 0.05) is 26.8 Å². The van der Waals surface area contributed by atoms with Gasteiger partial charge in [-0.05, 0) is 25.5 Å². The average Bonchev–Trinajstić information content (AvgIpc) is 2.48. The van der Waals surface area contributed by atoms with Crippen LogP contribution >= 0.6 is 0 Å². The average molecular weight is 284 g/mol. The van der Waals surface area contributed by atoms with Gasteiger partial charge < -0.3 is 10.3 Å². The molecule has 2 heteroatoms. The summed E-state index contributed by atoms with van der Waals surface area (Å²) < 4.78 is 0. The van der Waals surface area contributed by atoms with Gasteiger partial charge in [-0.3, -0.25) is 0 Å². The molecule has 0 saturated carbocycles. The fourth-order valence-corrected chi connectivity index (χ4v) is 1.53. The summed E-state index contributed by atoms with van der Waals surface area (Å²) in [4.78, 5) is 1.90. The van der Waals surface area contributed by atoms with Gasteiger partial charge in [0.25, 0.3) is 0 Å². The van der Waals surface area contributed by atoms with Crippen LogP contribution in [0.5, 0.6) is 0 Å². The molecule has 0 aliphatic carbocycles. The maximum Gasteiger partial charge on any atom is 0.0625 e. The van der Waals surface area contributed by atoms with Crippen LogP contribution in [0.25, 0.3) is 0 Å². The van der Waals surface area contributed by atoms with Gasteiger partial charge in [-0.2, -0.15) is 0 Å². The second kappa shape index (κ2) is 9.61. The van der Waals surface area contributed by atoms with E-state index in [1.54, 1.807) is 13.0 Å². The number of allylic oxidation sites excluding steroid dienone is 2. The van der Waals surface area contributed by atoms with Gasteiger partial charge in [0.2, 0.25) is 0 Å². The Morgan fingerprint density at radius 1 is 1.24 bits per heavy atom. The molecule has 21 heavy (non-hydrogen) atoms. The second-order valence-electron chi connectivity index (χ2n) is 4.55. The normalized spacial score (nSPS) is 9.71. The third kappa shape index (κ3) is 6.14. The fraction of sp³-hybridized carbons (Fsp3) is 0.316. The number of rotatable bonds is 4. The zero-order chi connectivity index (χ0) is 16.4. The van der Waals surface area contributed by atoms with Crippen molar-refractivity contribution in [1.29, 1.82) is 5.41 Å². The van der Waals surface area contributed by atoms with Crippen molar-refractivity contribution in [3.8, 4) is 11.8 Å². The summed E-state index contributed by atoms with van der Waals surface area (Å²) in [5.74, 6) is 5.87. The van der Waals surface area contributed by atoms with Crippen LogP contribution in [-0.2, 0) is 0 Å². The first-order valence-corrected chi connectivity index (χ1v) is 7.12. The molecular formula is C19H28N2. The van der Waals surface area contributed by atoms with E-state index in [0.29, 0.717) is 5.71 Å². The lowest BCUT2D eigenvalue weighted by Crippen LogP contribution is -2.12. The van der Waals surface area contributed by atoms with Crippen molar-refractivity contribution in [2.45, 2.75) is 27.7 Å². The third-order valence-electron chi connectivity index (χ3n) is 2.76. The Kier molecular flexibility index (Phi) is 8.57. The van der Waals surface area contributed by atoms with E-state index in [4.69, 9.17) is 5.41 Å². The fourth-order valence-electron chi connectivity index (χ4n) is 1.53. The van der Waals surface area contributed by atoms with Crippen LogP contribution < -0.4 is 0 Å². The first kappa shape index (κ1) is 18.7. The molecule has 1 aromatic rings. The van der Waals surface area contributed by atoms with E-state index in [1.807, 2.05) is 64.0 Å². The van der Waals surface area contributed by atoms with E-state index < -0.39 is 0 Å². The Morgan fingerprint density at radius 3 is 2.19 bits per heavy atom. The monoisotopic (exact) mass is 284 g/mol. The Labute approximate surface area is 131 Å². The smallest absolute Gasteiger partial charge is 0.0625 e. The Hall–Kier alpha value is -2.27. The molecule has 0 fully saturated rings. The highest BCUT2D eigenvalue weighted by atomic mass is 15.1. The Balaban J connectivity index is 0. The predicted molar refractivity (Wildman–Crippen MR) is 95.8 cm³/mol. The highest BCUT2D eigenvalue weighted by molar-refractivity contribution is 6.07. The summed E-state index contributed by atoms with van der Waals surface area (Å²) in [7, 11) is 3.84. The van der Waals surface area contributed by atoms with Crippen molar-refractivity contribution >= 4 is 5.71 Å². The zero-order valence-electron chi connectivity index (χ0n) is 14.0. The molecule has 0 aromatic heterocycles. The number of likely N-dealkylation sites (N-methyl/N-ethyl adjacent to an activating group) is 1. The zero-order valence-corrected chi connectivity index (χ0v) is 14.0. The molecular weight excluding hydrogens is 256 g/mol. The quantitative estimate of drug-likeness (QED) is 0.486.